The average Bonchev–Trinajstić information content (AvgIpc) is 2.69. The standard InChI is InChI=1S/C22H25NO3/c24-20-11-5-8-17-18(20)9-4-10-19(17)21(25)23-14-12-22(26,13-15-23)16-6-2-1-3-7-16/h1-3,5-8,11,19,24,26H,4,9-10,12-15H2. The van der Waals surface area contributed by atoms with E-state index < -0.39 is 5.60 Å². The van der Waals surface area contributed by atoms with Crippen LogP contribution in [0.25, 0.3) is 0 Å². The van der Waals surface area contributed by atoms with E-state index in [-0.39, 0.29) is 11.8 Å². The maximum absolute atomic E-state index is 13.1. The zero-order valence-corrected chi connectivity index (χ0v) is 14.9. The predicted octanol–water partition coefficient (Wildman–Crippen LogP) is 3.32. The van der Waals surface area contributed by atoms with Gasteiger partial charge in [0.1, 0.15) is 5.75 Å². The Kier molecular flexibility index (Phi) is 4.45. The molecule has 2 N–H and O–H groups in total. The molecule has 1 heterocycles. The first-order chi connectivity index (χ1) is 12.6. The molecule has 26 heavy (non-hydrogen) atoms. The molecule has 1 saturated heterocycles. The lowest BCUT2D eigenvalue weighted by atomic mass is 9.80. The molecule has 136 valence electrons. The summed E-state index contributed by atoms with van der Waals surface area (Å²) in [6.45, 7) is 1.13. The quantitative estimate of drug-likeness (QED) is 0.872. The van der Waals surface area contributed by atoms with E-state index in [0.717, 1.165) is 36.0 Å². The van der Waals surface area contributed by atoms with Crippen LogP contribution >= 0.6 is 0 Å². The predicted molar refractivity (Wildman–Crippen MR) is 99.9 cm³/mol. The van der Waals surface area contributed by atoms with Crippen molar-refractivity contribution in [2.24, 2.45) is 0 Å². The summed E-state index contributed by atoms with van der Waals surface area (Å²) in [6, 6.07) is 15.2. The number of nitrogens with zero attached hydrogens (tertiary/aromatic N) is 1. The first-order valence-electron chi connectivity index (χ1n) is 9.46. The molecule has 2 aromatic rings. The Labute approximate surface area is 154 Å². The lowest BCUT2D eigenvalue weighted by molar-refractivity contribution is -0.137. The molecule has 2 aromatic carbocycles. The number of fused-ring (bicyclic) bond motifs is 1. The number of rotatable bonds is 2. The highest BCUT2D eigenvalue weighted by atomic mass is 16.3. The van der Waals surface area contributed by atoms with Crippen LogP contribution in [0.5, 0.6) is 5.75 Å². The number of likely N-dealkylation sites (tertiary alicyclic amines) is 1. The minimum Gasteiger partial charge on any atom is -0.508 e. The molecule has 0 aromatic heterocycles. The van der Waals surface area contributed by atoms with Crippen LogP contribution in [0.2, 0.25) is 0 Å². The summed E-state index contributed by atoms with van der Waals surface area (Å²) in [5.74, 6) is 0.262. The second-order valence-corrected chi connectivity index (χ2v) is 7.51. The molecular weight excluding hydrogens is 326 g/mol. The topological polar surface area (TPSA) is 60.8 Å². The van der Waals surface area contributed by atoms with Crippen LogP contribution in [-0.4, -0.2) is 34.1 Å². The molecule has 1 atom stereocenters. The third-order valence-corrected chi connectivity index (χ3v) is 5.99. The van der Waals surface area contributed by atoms with Crippen molar-refractivity contribution in [1.29, 1.82) is 0 Å². The Hall–Kier alpha value is -2.33. The number of benzene rings is 2. The summed E-state index contributed by atoms with van der Waals surface area (Å²) >= 11 is 0. The number of carbonyl (C=O) groups excluding carboxylic acids is 1. The van der Waals surface area contributed by atoms with Crippen LogP contribution in [0.3, 0.4) is 0 Å². The molecule has 0 spiro atoms. The summed E-state index contributed by atoms with van der Waals surface area (Å²) in [6.07, 6.45) is 3.70. The van der Waals surface area contributed by atoms with Crippen molar-refractivity contribution in [3.8, 4) is 5.75 Å². The molecule has 0 bridgehead atoms. The number of carbonyl (C=O) groups is 1. The van der Waals surface area contributed by atoms with Gasteiger partial charge in [0.15, 0.2) is 0 Å². The average molecular weight is 351 g/mol. The molecule has 1 aliphatic heterocycles. The van der Waals surface area contributed by atoms with Gasteiger partial charge in [-0.15, -0.1) is 0 Å². The SMILES string of the molecule is O=C(C1CCCc2c(O)cccc21)N1CCC(O)(c2ccccc2)CC1. The van der Waals surface area contributed by atoms with Crippen molar-refractivity contribution in [3.63, 3.8) is 0 Å². The number of hydrogen-bond donors (Lipinski definition) is 2. The highest BCUT2D eigenvalue weighted by Gasteiger charge is 2.38. The summed E-state index contributed by atoms with van der Waals surface area (Å²) in [5, 5.41) is 21.1. The number of phenolic OH excluding ortho intramolecular Hbond substituents is 1. The van der Waals surface area contributed by atoms with Crippen molar-refractivity contribution in [2.45, 2.75) is 43.6 Å². The van der Waals surface area contributed by atoms with Crippen LogP contribution < -0.4 is 0 Å². The summed E-state index contributed by atoms with van der Waals surface area (Å²) in [5.41, 5.74) is 1.99. The lowest BCUT2D eigenvalue weighted by Gasteiger charge is -2.40. The van der Waals surface area contributed by atoms with Gasteiger partial charge in [0.25, 0.3) is 0 Å². The van der Waals surface area contributed by atoms with Gasteiger partial charge >= 0.3 is 0 Å². The third-order valence-electron chi connectivity index (χ3n) is 5.99. The molecule has 0 saturated carbocycles. The monoisotopic (exact) mass is 351 g/mol. The molecule has 1 aliphatic carbocycles. The minimum atomic E-state index is -0.846. The zero-order valence-electron chi connectivity index (χ0n) is 14.9. The van der Waals surface area contributed by atoms with E-state index in [1.807, 2.05) is 47.4 Å². The van der Waals surface area contributed by atoms with E-state index in [2.05, 4.69) is 0 Å². The van der Waals surface area contributed by atoms with Gasteiger partial charge in [-0.05, 0) is 54.9 Å². The highest BCUT2D eigenvalue weighted by molar-refractivity contribution is 5.85. The largest absolute Gasteiger partial charge is 0.508 e. The fourth-order valence-electron chi connectivity index (χ4n) is 4.44. The van der Waals surface area contributed by atoms with Gasteiger partial charge in [0.05, 0.1) is 11.5 Å². The second-order valence-electron chi connectivity index (χ2n) is 7.51. The maximum atomic E-state index is 13.1. The Morgan fingerprint density at radius 3 is 2.50 bits per heavy atom. The Morgan fingerprint density at radius 2 is 1.77 bits per heavy atom. The van der Waals surface area contributed by atoms with E-state index >= 15 is 0 Å². The van der Waals surface area contributed by atoms with Gasteiger partial charge in [0, 0.05) is 13.1 Å². The van der Waals surface area contributed by atoms with Crippen LogP contribution in [0.1, 0.15) is 48.3 Å². The maximum Gasteiger partial charge on any atom is 0.230 e. The van der Waals surface area contributed by atoms with E-state index in [1.54, 1.807) is 6.07 Å². The molecule has 1 unspecified atom stereocenters. The van der Waals surface area contributed by atoms with Gasteiger partial charge in [-0.25, -0.2) is 0 Å². The molecule has 4 heteroatoms. The van der Waals surface area contributed by atoms with Crippen molar-refractivity contribution in [2.75, 3.05) is 13.1 Å². The molecule has 1 fully saturated rings. The first kappa shape index (κ1) is 17.1. The van der Waals surface area contributed by atoms with Crippen LogP contribution in [-0.2, 0) is 16.8 Å². The van der Waals surface area contributed by atoms with Gasteiger partial charge in [-0.2, -0.15) is 0 Å². The normalized spacial score (nSPS) is 21.9. The Morgan fingerprint density at radius 1 is 1.04 bits per heavy atom. The number of aromatic hydroxyl groups is 1. The fourth-order valence-corrected chi connectivity index (χ4v) is 4.44. The van der Waals surface area contributed by atoms with Crippen molar-refractivity contribution < 1.29 is 15.0 Å². The van der Waals surface area contributed by atoms with Gasteiger partial charge < -0.3 is 15.1 Å². The fraction of sp³-hybridized carbons (Fsp3) is 0.409. The number of phenols is 1. The molecule has 2 aliphatic rings. The van der Waals surface area contributed by atoms with Gasteiger partial charge in [0.2, 0.25) is 5.91 Å². The van der Waals surface area contributed by atoms with E-state index in [4.69, 9.17) is 0 Å². The molecule has 4 rings (SSSR count). The zero-order chi connectivity index (χ0) is 18.1. The number of hydrogen-bond acceptors (Lipinski definition) is 3. The molecule has 0 radical (unpaired) electrons. The van der Waals surface area contributed by atoms with Gasteiger partial charge in [-0.3, -0.25) is 4.79 Å². The third kappa shape index (κ3) is 2.99. The van der Waals surface area contributed by atoms with Crippen molar-refractivity contribution >= 4 is 5.91 Å². The highest BCUT2D eigenvalue weighted by Crippen LogP contribution is 2.39. The number of aliphatic hydroxyl groups is 1. The van der Waals surface area contributed by atoms with E-state index in [9.17, 15) is 15.0 Å². The summed E-state index contributed by atoms with van der Waals surface area (Å²) < 4.78 is 0. The molecule has 4 nitrogen and oxygen atoms in total. The summed E-state index contributed by atoms with van der Waals surface area (Å²) in [7, 11) is 0. The van der Waals surface area contributed by atoms with E-state index in [0.29, 0.717) is 31.7 Å². The number of piperidine rings is 1. The summed E-state index contributed by atoms with van der Waals surface area (Å²) in [4.78, 5) is 15.0. The number of amides is 1. The van der Waals surface area contributed by atoms with Crippen molar-refractivity contribution in [1.82, 2.24) is 4.90 Å². The smallest absolute Gasteiger partial charge is 0.230 e. The minimum absolute atomic E-state index is 0.131. The van der Waals surface area contributed by atoms with Crippen LogP contribution in [0.4, 0.5) is 0 Å². The van der Waals surface area contributed by atoms with Gasteiger partial charge in [-0.1, -0.05) is 42.5 Å². The first-order valence-corrected chi connectivity index (χ1v) is 9.46. The Balaban J connectivity index is 1.49. The molecular formula is C22H25NO3. The van der Waals surface area contributed by atoms with Crippen LogP contribution in [0.15, 0.2) is 48.5 Å². The molecule has 1 amide bonds. The van der Waals surface area contributed by atoms with E-state index in [1.165, 1.54) is 0 Å². The lowest BCUT2D eigenvalue weighted by Crippen LogP contribution is -2.47. The van der Waals surface area contributed by atoms with Crippen molar-refractivity contribution in [3.05, 3.63) is 65.2 Å². The Bertz CT molecular complexity index is 794. The van der Waals surface area contributed by atoms with Crippen LogP contribution in [0, 0.1) is 0 Å². The second kappa shape index (κ2) is 6.76.